The first-order valence-electron chi connectivity index (χ1n) is 10.2. The number of nitrogens with one attached hydrogen (secondary N) is 2. The molecule has 1 aromatic heterocycles. The summed E-state index contributed by atoms with van der Waals surface area (Å²) in [5.74, 6) is -0.432. The van der Waals surface area contributed by atoms with Gasteiger partial charge in [0.1, 0.15) is 6.54 Å². The van der Waals surface area contributed by atoms with Crippen LogP contribution < -0.4 is 21.9 Å². The van der Waals surface area contributed by atoms with Gasteiger partial charge in [-0.25, -0.2) is 9.36 Å². The lowest BCUT2D eigenvalue weighted by Gasteiger charge is -2.16. The number of aromatic nitrogens is 2. The van der Waals surface area contributed by atoms with Crippen molar-refractivity contribution in [2.45, 2.75) is 39.3 Å². The highest BCUT2D eigenvalue weighted by Crippen LogP contribution is 2.12. The van der Waals surface area contributed by atoms with Gasteiger partial charge in [-0.05, 0) is 43.2 Å². The largest absolute Gasteiger partial charge is 0.359 e. The van der Waals surface area contributed by atoms with Gasteiger partial charge >= 0.3 is 5.69 Å². The van der Waals surface area contributed by atoms with Crippen LogP contribution in [0.25, 0.3) is 16.6 Å². The van der Waals surface area contributed by atoms with E-state index in [0.29, 0.717) is 16.6 Å². The van der Waals surface area contributed by atoms with E-state index in [1.165, 1.54) is 4.57 Å². The number of benzene rings is 2. The predicted molar refractivity (Wildman–Crippen MR) is 119 cm³/mol. The Morgan fingerprint density at radius 1 is 1.00 bits per heavy atom. The van der Waals surface area contributed by atoms with E-state index in [2.05, 4.69) is 10.6 Å². The highest BCUT2D eigenvalue weighted by molar-refractivity contribution is 5.82. The van der Waals surface area contributed by atoms with E-state index in [0.717, 1.165) is 16.6 Å². The van der Waals surface area contributed by atoms with Crippen LogP contribution in [0.5, 0.6) is 0 Å². The molecule has 2 amide bonds. The molecule has 0 aliphatic rings. The summed E-state index contributed by atoms with van der Waals surface area (Å²) in [4.78, 5) is 50.5. The summed E-state index contributed by atoms with van der Waals surface area (Å²) in [7, 11) is 1.56. The monoisotopic (exact) mass is 422 g/mol. The third-order valence-electron chi connectivity index (χ3n) is 5.21. The molecule has 0 aliphatic heterocycles. The van der Waals surface area contributed by atoms with Crippen molar-refractivity contribution < 1.29 is 9.59 Å². The average Bonchev–Trinajstić information content (AvgIpc) is 2.77. The number of hydrogen-bond acceptors (Lipinski definition) is 4. The Hall–Kier alpha value is -3.68. The minimum atomic E-state index is -0.595. The van der Waals surface area contributed by atoms with Crippen molar-refractivity contribution in [1.82, 2.24) is 19.8 Å². The topological polar surface area (TPSA) is 102 Å². The van der Waals surface area contributed by atoms with E-state index in [1.807, 2.05) is 13.8 Å². The van der Waals surface area contributed by atoms with Gasteiger partial charge in [0.25, 0.3) is 5.56 Å². The van der Waals surface area contributed by atoms with Crippen molar-refractivity contribution in [2.24, 2.45) is 0 Å². The number of carbonyl (C=O) groups excluding carboxylic acids is 2. The minimum Gasteiger partial charge on any atom is -0.359 e. The van der Waals surface area contributed by atoms with Crippen molar-refractivity contribution in [1.29, 1.82) is 0 Å². The molecule has 3 rings (SSSR count). The predicted octanol–water partition coefficient (Wildman–Crippen LogP) is 1.36. The molecule has 3 aromatic rings. The molecule has 162 valence electrons. The van der Waals surface area contributed by atoms with Gasteiger partial charge in [0.05, 0.1) is 23.0 Å². The highest BCUT2D eigenvalue weighted by Gasteiger charge is 2.17. The van der Waals surface area contributed by atoms with Gasteiger partial charge in [0.15, 0.2) is 0 Å². The van der Waals surface area contributed by atoms with E-state index in [-0.39, 0.29) is 30.8 Å². The Kier molecular flexibility index (Phi) is 6.69. The van der Waals surface area contributed by atoms with E-state index < -0.39 is 11.2 Å². The number of para-hydroxylation sites is 1. The lowest BCUT2D eigenvalue weighted by molar-refractivity contribution is -0.122. The zero-order chi connectivity index (χ0) is 22.5. The summed E-state index contributed by atoms with van der Waals surface area (Å²) in [6.45, 7) is 3.65. The maximum absolute atomic E-state index is 13.3. The fourth-order valence-electron chi connectivity index (χ4n) is 3.30. The quantitative estimate of drug-likeness (QED) is 0.600. The standard InChI is InChI=1S/C23H26N4O4/c1-4-15(2)25-21(29)14-26-19-8-6-5-7-18(19)22(30)27(23(26)31)17-11-9-16(10-12-17)13-20(28)24-3/h5-12,15H,4,13-14H2,1-3H3,(H,24,28)(H,25,29)/t15-/m0/s1. The second kappa shape index (κ2) is 9.42. The van der Waals surface area contributed by atoms with Crippen molar-refractivity contribution in [3.05, 3.63) is 74.9 Å². The van der Waals surface area contributed by atoms with Crippen LogP contribution in [0, 0.1) is 0 Å². The van der Waals surface area contributed by atoms with Gasteiger partial charge < -0.3 is 10.6 Å². The number of amides is 2. The Morgan fingerprint density at radius 2 is 1.68 bits per heavy atom. The molecular formula is C23H26N4O4. The smallest absolute Gasteiger partial charge is 0.336 e. The average molecular weight is 422 g/mol. The maximum Gasteiger partial charge on any atom is 0.336 e. The molecular weight excluding hydrogens is 396 g/mol. The van der Waals surface area contributed by atoms with E-state index in [9.17, 15) is 19.2 Å². The number of fused-ring (bicyclic) bond motifs is 1. The normalized spacial score (nSPS) is 11.8. The molecule has 8 nitrogen and oxygen atoms in total. The summed E-state index contributed by atoms with van der Waals surface area (Å²) in [6, 6.07) is 13.4. The van der Waals surface area contributed by atoms with Gasteiger partial charge in [-0.3, -0.25) is 19.0 Å². The Morgan fingerprint density at radius 3 is 2.32 bits per heavy atom. The van der Waals surface area contributed by atoms with Crippen LogP contribution in [0.2, 0.25) is 0 Å². The summed E-state index contributed by atoms with van der Waals surface area (Å²) in [5.41, 5.74) is 0.479. The molecule has 0 bridgehead atoms. The molecule has 0 saturated heterocycles. The van der Waals surface area contributed by atoms with Gasteiger partial charge in [0.2, 0.25) is 11.8 Å². The van der Waals surface area contributed by atoms with Gasteiger partial charge in [-0.1, -0.05) is 31.2 Å². The van der Waals surface area contributed by atoms with Gasteiger partial charge in [-0.15, -0.1) is 0 Å². The van der Waals surface area contributed by atoms with Gasteiger partial charge in [-0.2, -0.15) is 0 Å². The van der Waals surface area contributed by atoms with Crippen molar-refractivity contribution in [3.8, 4) is 5.69 Å². The third kappa shape index (κ3) is 4.74. The van der Waals surface area contributed by atoms with Gasteiger partial charge in [0, 0.05) is 13.1 Å². The molecule has 2 N–H and O–H groups in total. The van der Waals surface area contributed by atoms with E-state index >= 15 is 0 Å². The number of hydrogen-bond donors (Lipinski definition) is 2. The SMILES string of the molecule is CC[C@H](C)NC(=O)Cn1c(=O)n(-c2ccc(CC(=O)NC)cc2)c(=O)c2ccccc21. The van der Waals surface area contributed by atoms with Crippen LogP contribution in [-0.2, 0) is 22.6 Å². The Balaban J connectivity index is 2.10. The Labute approximate surface area is 179 Å². The van der Waals surface area contributed by atoms with Crippen molar-refractivity contribution >= 4 is 22.7 Å². The fourth-order valence-corrected chi connectivity index (χ4v) is 3.30. The number of rotatable bonds is 7. The van der Waals surface area contributed by atoms with E-state index in [4.69, 9.17) is 0 Å². The van der Waals surface area contributed by atoms with Crippen LogP contribution >= 0.6 is 0 Å². The molecule has 0 unspecified atom stereocenters. The second-order valence-corrected chi connectivity index (χ2v) is 7.42. The lowest BCUT2D eigenvalue weighted by Crippen LogP contribution is -2.43. The molecule has 1 heterocycles. The Bertz CT molecular complexity index is 1230. The third-order valence-corrected chi connectivity index (χ3v) is 5.21. The van der Waals surface area contributed by atoms with Crippen LogP contribution in [0.4, 0.5) is 0 Å². The van der Waals surface area contributed by atoms with Crippen LogP contribution in [0.3, 0.4) is 0 Å². The summed E-state index contributed by atoms with van der Waals surface area (Å²) < 4.78 is 2.37. The first-order valence-corrected chi connectivity index (χ1v) is 10.2. The number of likely N-dealkylation sites (N-methyl/N-ethyl adjacent to an activating group) is 1. The number of nitrogens with zero attached hydrogens (tertiary/aromatic N) is 2. The van der Waals surface area contributed by atoms with Crippen molar-refractivity contribution in [3.63, 3.8) is 0 Å². The molecule has 0 fully saturated rings. The molecule has 1 atom stereocenters. The first kappa shape index (κ1) is 22.0. The molecule has 31 heavy (non-hydrogen) atoms. The maximum atomic E-state index is 13.3. The van der Waals surface area contributed by atoms with Crippen LogP contribution in [0.1, 0.15) is 25.8 Å². The minimum absolute atomic E-state index is 0.0202. The van der Waals surface area contributed by atoms with Crippen molar-refractivity contribution in [2.75, 3.05) is 7.05 Å². The van der Waals surface area contributed by atoms with Crippen LogP contribution in [-0.4, -0.2) is 34.0 Å². The molecule has 0 saturated carbocycles. The van der Waals surface area contributed by atoms with E-state index in [1.54, 1.807) is 55.6 Å². The summed E-state index contributed by atoms with van der Waals surface area (Å²) in [6.07, 6.45) is 0.965. The summed E-state index contributed by atoms with van der Waals surface area (Å²) in [5, 5.41) is 5.75. The molecule has 0 spiro atoms. The molecule has 0 radical (unpaired) electrons. The zero-order valence-electron chi connectivity index (χ0n) is 17.8. The summed E-state index contributed by atoms with van der Waals surface area (Å²) >= 11 is 0. The highest BCUT2D eigenvalue weighted by atomic mass is 16.2. The molecule has 8 heteroatoms. The number of carbonyl (C=O) groups is 2. The van der Waals surface area contributed by atoms with Crippen LogP contribution in [0.15, 0.2) is 58.1 Å². The zero-order valence-corrected chi connectivity index (χ0v) is 17.8. The lowest BCUT2D eigenvalue weighted by atomic mass is 10.1. The fraction of sp³-hybridized carbons (Fsp3) is 0.304. The molecule has 0 aliphatic carbocycles. The second-order valence-electron chi connectivity index (χ2n) is 7.42. The first-order chi connectivity index (χ1) is 14.8. The molecule has 2 aromatic carbocycles.